The highest BCUT2D eigenvalue weighted by atomic mass is 16.4. The van der Waals surface area contributed by atoms with Crippen LogP contribution in [0.3, 0.4) is 0 Å². The molecule has 0 heterocycles. The maximum Gasteiger partial charge on any atom is 0.317 e. The van der Waals surface area contributed by atoms with E-state index in [4.69, 9.17) is 5.11 Å². The van der Waals surface area contributed by atoms with E-state index >= 15 is 0 Å². The van der Waals surface area contributed by atoms with Gasteiger partial charge in [-0.3, -0.25) is 9.59 Å². The summed E-state index contributed by atoms with van der Waals surface area (Å²) in [5, 5.41) is 13.8. The Labute approximate surface area is 113 Å². The molecule has 0 bridgehead atoms. The van der Waals surface area contributed by atoms with Gasteiger partial charge in [0.15, 0.2) is 0 Å². The predicted octanol–water partition coefficient (Wildman–Crippen LogP) is 0.409. The molecule has 0 fully saturated rings. The zero-order valence-electron chi connectivity index (χ0n) is 11.6. The first-order valence-electron chi connectivity index (χ1n) is 6.44. The molecule has 3 N–H and O–H groups in total. The summed E-state index contributed by atoms with van der Waals surface area (Å²) in [6.07, 6.45) is 2.08. The molecule has 0 aromatic rings. The Morgan fingerprint density at radius 1 is 1.11 bits per heavy atom. The number of hydrogen-bond donors (Lipinski definition) is 3. The third-order valence-electron chi connectivity index (χ3n) is 2.39. The third-order valence-corrected chi connectivity index (χ3v) is 2.39. The van der Waals surface area contributed by atoms with Gasteiger partial charge in [-0.05, 0) is 19.3 Å². The van der Waals surface area contributed by atoms with Crippen molar-refractivity contribution in [3.05, 3.63) is 0 Å². The van der Waals surface area contributed by atoms with Crippen LogP contribution in [0.25, 0.3) is 0 Å². The second kappa shape index (κ2) is 10.2. The van der Waals surface area contributed by atoms with E-state index in [-0.39, 0.29) is 24.9 Å². The van der Waals surface area contributed by atoms with Crippen molar-refractivity contribution < 1.29 is 19.5 Å². The minimum absolute atomic E-state index is 0.0148. The lowest BCUT2D eigenvalue weighted by molar-refractivity contribution is -0.137. The molecular formula is C12H23N3O4. The van der Waals surface area contributed by atoms with Crippen molar-refractivity contribution in [3.63, 3.8) is 0 Å². The van der Waals surface area contributed by atoms with Gasteiger partial charge >= 0.3 is 12.0 Å². The highest BCUT2D eigenvalue weighted by molar-refractivity contribution is 5.83. The van der Waals surface area contributed by atoms with Crippen LogP contribution >= 0.6 is 0 Å². The number of amides is 3. The van der Waals surface area contributed by atoms with Gasteiger partial charge in [-0.2, -0.15) is 0 Å². The van der Waals surface area contributed by atoms with Gasteiger partial charge in [-0.15, -0.1) is 0 Å². The van der Waals surface area contributed by atoms with Gasteiger partial charge in [0, 0.05) is 26.6 Å². The number of nitrogens with one attached hydrogen (secondary N) is 2. The maximum absolute atomic E-state index is 11.6. The molecule has 0 saturated heterocycles. The molecule has 3 amide bonds. The molecule has 0 saturated carbocycles. The highest BCUT2D eigenvalue weighted by Crippen LogP contribution is 1.94. The molecule has 0 radical (unpaired) electrons. The lowest BCUT2D eigenvalue weighted by Gasteiger charge is -2.17. The van der Waals surface area contributed by atoms with Gasteiger partial charge in [-0.25, -0.2) is 4.79 Å². The predicted molar refractivity (Wildman–Crippen MR) is 70.8 cm³/mol. The largest absolute Gasteiger partial charge is 0.481 e. The van der Waals surface area contributed by atoms with E-state index in [1.54, 1.807) is 0 Å². The number of rotatable bonds is 9. The van der Waals surface area contributed by atoms with Crippen LogP contribution in [0, 0.1) is 0 Å². The number of urea groups is 1. The third kappa shape index (κ3) is 9.87. The van der Waals surface area contributed by atoms with Gasteiger partial charge in [0.1, 0.15) is 6.54 Å². The number of carboxylic acid groups (broad SMARTS) is 1. The Kier molecular flexibility index (Phi) is 9.20. The topological polar surface area (TPSA) is 98.7 Å². The summed E-state index contributed by atoms with van der Waals surface area (Å²) in [5.41, 5.74) is 0. The SMILES string of the molecule is CCCNC(=O)CN(C)C(=O)NCCCCC(=O)O. The van der Waals surface area contributed by atoms with E-state index in [1.807, 2.05) is 6.92 Å². The lowest BCUT2D eigenvalue weighted by Crippen LogP contribution is -2.43. The van der Waals surface area contributed by atoms with Crippen molar-refractivity contribution in [2.45, 2.75) is 32.6 Å². The number of aliphatic carboxylic acids is 1. The first kappa shape index (κ1) is 17.2. The van der Waals surface area contributed by atoms with Gasteiger partial charge in [0.25, 0.3) is 0 Å². The van der Waals surface area contributed by atoms with E-state index in [9.17, 15) is 14.4 Å². The molecule has 0 unspecified atom stereocenters. The fourth-order valence-electron chi connectivity index (χ4n) is 1.34. The fourth-order valence-corrected chi connectivity index (χ4v) is 1.34. The number of likely N-dealkylation sites (N-methyl/N-ethyl adjacent to an activating group) is 1. The van der Waals surface area contributed by atoms with Crippen LogP contribution < -0.4 is 10.6 Å². The van der Waals surface area contributed by atoms with Crippen molar-refractivity contribution in [3.8, 4) is 0 Å². The molecule has 0 rings (SSSR count). The average molecular weight is 273 g/mol. The lowest BCUT2D eigenvalue weighted by atomic mass is 10.2. The Hall–Kier alpha value is -1.79. The normalized spacial score (nSPS) is 9.79. The van der Waals surface area contributed by atoms with Crippen molar-refractivity contribution >= 4 is 17.9 Å². The first-order chi connectivity index (χ1) is 8.97. The molecule has 7 nitrogen and oxygen atoms in total. The van der Waals surface area contributed by atoms with Crippen molar-refractivity contribution in [1.29, 1.82) is 0 Å². The van der Waals surface area contributed by atoms with Crippen LogP contribution in [0.15, 0.2) is 0 Å². The summed E-state index contributed by atoms with van der Waals surface area (Å²) in [6.45, 7) is 2.98. The summed E-state index contributed by atoms with van der Waals surface area (Å²) in [5.74, 6) is -1.03. The quantitative estimate of drug-likeness (QED) is 0.530. The van der Waals surface area contributed by atoms with Gasteiger partial charge in [0.2, 0.25) is 5.91 Å². The van der Waals surface area contributed by atoms with E-state index in [1.165, 1.54) is 11.9 Å². The summed E-state index contributed by atoms with van der Waals surface area (Å²) in [4.78, 5) is 34.5. The monoisotopic (exact) mass is 273 g/mol. The molecule has 0 aromatic heterocycles. The number of hydrogen-bond acceptors (Lipinski definition) is 3. The zero-order chi connectivity index (χ0) is 14.7. The highest BCUT2D eigenvalue weighted by Gasteiger charge is 2.11. The van der Waals surface area contributed by atoms with Crippen LogP contribution in [0.2, 0.25) is 0 Å². The summed E-state index contributed by atoms with van der Waals surface area (Å²) < 4.78 is 0. The van der Waals surface area contributed by atoms with Crippen LogP contribution in [0.4, 0.5) is 4.79 Å². The summed E-state index contributed by atoms with van der Waals surface area (Å²) in [6, 6.07) is -0.332. The zero-order valence-corrected chi connectivity index (χ0v) is 11.6. The second-order valence-electron chi connectivity index (χ2n) is 4.29. The molecule has 0 spiro atoms. The molecule has 0 aliphatic heterocycles. The van der Waals surface area contributed by atoms with E-state index < -0.39 is 5.97 Å². The first-order valence-corrected chi connectivity index (χ1v) is 6.44. The summed E-state index contributed by atoms with van der Waals surface area (Å²) in [7, 11) is 1.54. The Morgan fingerprint density at radius 3 is 2.37 bits per heavy atom. The number of nitrogens with zero attached hydrogens (tertiary/aromatic N) is 1. The molecule has 7 heteroatoms. The van der Waals surface area contributed by atoms with Crippen molar-refractivity contribution in [1.82, 2.24) is 15.5 Å². The van der Waals surface area contributed by atoms with Gasteiger partial charge in [0.05, 0.1) is 0 Å². The van der Waals surface area contributed by atoms with Crippen LogP contribution in [0.5, 0.6) is 0 Å². The minimum Gasteiger partial charge on any atom is -0.481 e. The number of unbranched alkanes of at least 4 members (excludes halogenated alkanes) is 1. The average Bonchev–Trinajstić information content (AvgIpc) is 2.35. The molecule has 0 aliphatic rings. The van der Waals surface area contributed by atoms with Gasteiger partial charge < -0.3 is 20.6 Å². The Balaban J connectivity index is 3.69. The van der Waals surface area contributed by atoms with Crippen LogP contribution in [-0.4, -0.2) is 54.6 Å². The molecule has 0 aliphatic carbocycles. The number of carboxylic acids is 1. The molecule has 110 valence electrons. The minimum atomic E-state index is -0.837. The Bertz CT molecular complexity index is 307. The van der Waals surface area contributed by atoms with Crippen LogP contribution in [0.1, 0.15) is 32.6 Å². The van der Waals surface area contributed by atoms with E-state index in [0.29, 0.717) is 25.9 Å². The standard InChI is InChI=1S/C12H23N3O4/c1-3-7-13-10(16)9-15(2)12(19)14-8-5-4-6-11(17)18/h3-9H2,1-2H3,(H,13,16)(H,14,19)(H,17,18). The molecule has 19 heavy (non-hydrogen) atoms. The van der Waals surface area contributed by atoms with Gasteiger partial charge in [-0.1, -0.05) is 6.92 Å². The number of carbonyl (C=O) groups is 3. The van der Waals surface area contributed by atoms with Crippen molar-refractivity contribution in [2.24, 2.45) is 0 Å². The Morgan fingerprint density at radius 2 is 1.79 bits per heavy atom. The smallest absolute Gasteiger partial charge is 0.317 e. The van der Waals surface area contributed by atoms with Crippen molar-refractivity contribution in [2.75, 3.05) is 26.7 Å². The van der Waals surface area contributed by atoms with E-state index in [2.05, 4.69) is 10.6 Å². The second-order valence-corrected chi connectivity index (χ2v) is 4.29. The van der Waals surface area contributed by atoms with E-state index in [0.717, 1.165) is 6.42 Å². The van der Waals surface area contributed by atoms with Crippen LogP contribution in [-0.2, 0) is 9.59 Å². The summed E-state index contributed by atoms with van der Waals surface area (Å²) >= 11 is 0. The fraction of sp³-hybridized carbons (Fsp3) is 0.750. The molecule has 0 atom stereocenters. The molecular weight excluding hydrogens is 250 g/mol. The molecule has 0 aromatic carbocycles. The number of carbonyl (C=O) groups excluding carboxylic acids is 2. The maximum atomic E-state index is 11.6.